The Morgan fingerprint density at radius 1 is 1.17 bits per heavy atom. The van der Waals surface area contributed by atoms with Crippen molar-refractivity contribution in [2.75, 3.05) is 5.75 Å². The number of nitrogens with zero attached hydrogens (tertiary/aromatic N) is 3. The van der Waals surface area contributed by atoms with Crippen molar-refractivity contribution in [2.24, 2.45) is 0 Å². The van der Waals surface area contributed by atoms with Crippen molar-refractivity contribution in [1.82, 2.24) is 19.7 Å². The summed E-state index contributed by atoms with van der Waals surface area (Å²) in [6.45, 7) is 3.14. The molecule has 2 heterocycles. The van der Waals surface area contributed by atoms with Crippen molar-refractivity contribution in [2.45, 2.75) is 25.0 Å². The van der Waals surface area contributed by atoms with Crippen LogP contribution in [-0.4, -0.2) is 41.8 Å². The molecule has 0 radical (unpaired) electrons. The first-order valence-electron chi connectivity index (χ1n) is 9.56. The van der Waals surface area contributed by atoms with Crippen LogP contribution < -0.4 is 5.48 Å². The first-order chi connectivity index (χ1) is 14.6. The third kappa shape index (κ3) is 4.23. The first kappa shape index (κ1) is 20.1. The standard InChI is InChI=1S/C21H21N5O3S/c1-2-6-26-7-5-14-8-13(3-4-18(14)26)15-9-16(11-17(10-15)25-29)20-22-21(24-23-20)30-12-19(27)28/h3-5,7-11,25,29H,2,6,12H2,1H3,(H,27,28)(H,22,23,24)/p+1. The summed E-state index contributed by atoms with van der Waals surface area (Å²) in [6, 6.07) is 14.1. The number of benzene rings is 2. The zero-order chi connectivity index (χ0) is 21.1. The summed E-state index contributed by atoms with van der Waals surface area (Å²) in [5, 5.41) is 26.9. The number of aliphatic carboxylic acids is 1. The van der Waals surface area contributed by atoms with E-state index in [1.54, 1.807) is 6.07 Å². The number of rotatable bonds is 8. The topological polar surface area (TPSA) is 121 Å². The molecule has 9 heteroatoms. The predicted octanol–water partition coefficient (Wildman–Crippen LogP) is 3.26. The van der Waals surface area contributed by atoms with E-state index in [1.807, 2.05) is 12.1 Å². The molecule has 0 amide bonds. The third-order valence-corrected chi connectivity index (χ3v) is 5.57. The Bertz CT molecular complexity index is 1200. The Morgan fingerprint density at radius 2 is 2.00 bits per heavy atom. The number of aryl methyl sites for hydroxylation is 1. The molecular formula is C21H22N5O3S+. The number of carboxylic acids is 1. The zero-order valence-corrected chi connectivity index (χ0v) is 17.2. The molecule has 0 bridgehead atoms. The average Bonchev–Trinajstić information content (AvgIpc) is 3.39. The van der Waals surface area contributed by atoms with Gasteiger partial charge >= 0.3 is 5.97 Å². The van der Waals surface area contributed by atoms with E-state index in [0.717, 1.165) is 52.3 Å². The second-order valence-corrected chi connectivity index (χ2v) is 7.85. The number of aromatic amines is 1. The molecule has 0 aliphatic heterocycles. The maximum absolute atomic E-state index is 10.7. The lowest BCUT2D eigenvalue weighted by atomic mass is 10.0. The van der Waals surface area contributed by atoms with Gasteiger partial charge in [0, 0.05) is 41.3 Å². The summed E-state index contributed by atoms with van der Waals surface area (Å²) in [5.41, 5.74) is 5.62. The van der Waals surface area contributed by atoms with Gasteiger partial charge in [-0.2, -0.15) is 5.48 Å². The highest BCUT2D eigenvalue weighted by molar-refractivity contribution is 7.99. The number of fused-ring (bicyclic) bond motifs is 1. The normalized spacial score (nSPS) is 11.3. The van der Waals surface area contributed by atoms with Gasteiger partial charge < -0.3 is 9.67 Å². The molecule has 0 aliphatic carbocycles. The molecule has 0 unspecified atom stereocenters. The number of nitrogens with two attached hydrogens (primary N) is 1. The molecule has 0 fully saturated rings. The minimum atomic E-state index is -0.923. The van der Waals surface area contributed by atoms with Gasteiger partial charge in [-0.15, -0.1) is 5.10 Å². The molecule has 4 rings (SSSR count). The number of H-pyrrole nitrogens is 1. The molecule has 4 aromatic rings. The number of hydrogen-bond donors (Lipinski definition) is 4. The van der Waals surface area contributed by atoms with Crippen LogP contribution in [0.4, 0.5) is 5.69 Å². The Balaban J connectivity index is 1.69. The second kappa shape index (κ2) is 8.70. The number of thioether (sulfide) groups is 1. The first-order valence-corrected chi connectivity index (χ1v) is 10.5. The maximum atomic E-state index is 10.7. The van der Waals surface area contributed by atoms with E-state index in [9.17, 15) is 10.0 Å². The van der Waals surface area contributed by atoms with Crippen molar-refractivity contribution in [1.29, 1.82) is 0 Å². The smallest absolute Gasteiger partial charge is 0.313 e. The van der Waals surface area contributed by atoms with Crippen molar-refractivity contribution >= 4 is 34.3 Å². The highest BCUT2D eigenvalue weighted by Gasteiger charge is 2.13. The van der Waals surface area contributed by atoms with Crippen LogP contribution in [-0.2, 0) is 11.3 Å². The fraction of sp³-hybridized carbons (Fsp3) is 0.190. The van der Waals surface area contributed by atoms with Gasteiger partial charge in [0.1, 0.15) is 0 Å². The van der Waals surface area contributed by atoms with Gasteiger partial charge in [0.25, 0.3) is 0 Å². The van der Waals surface area contributed by atoms with E-state index < -0.39 is 5.97 Å². The van der Waals surface area contributed by atoms with Crippen molar-refractivity contribution < 1.29 is 20.6 Å². The average molecular weight is 425 g/mol. The Hall–Kier alpha value is -3.14. The van der Waals surface area contributed by atoms with Crippen LogP contribution in [0, 0.1) is 0 Å². The molecule has 0 aliphatic rings. The molecule has 2 aromatic carbocycles. The highest BCUT2D eigenvalue weighted by Crippen LogP contribution is 2.30. The molecule has 30 heavy (non-hydrogen) atoms. The van der Waals surface area contributed by atoms with Crippen LogP contribution in [0.2, 0.25) is 0 Å². The van der Waals surface area contributed by atoms with Crippen LogP contribution in [0.5, 0.6) is 0 Å². The molecule has 0 saturated heterocycles. The van der Waals surface area contributed by atoms with E-state index in [1.165, 1.54) is 5.52 Å². The number of aromatic nitrogens is 4. The fourth-order valence-electron chi connectivity index (χ4n) is 3.41. The van der Waals surface area contributed by atoms with Gasteiger partial charge in [0.05, 0.1) is 5.75 Å². The number of nitrogens with one attached hydrogen (secondary N) is 1. The van der Waals surface area contributed by atoms with E-state index >= 15 is 0 Å². The lowest BCUT2D eigenvalue weighted by Gasteiger charge is -2.07. The minimum absolute atomic E-state index is 0.106. The highest BCUT2D eigenvalue weighted by atomic mass is 32.2. The molecule has 0 saturated carbocycles. The van der Waals surface area contributed by atoms with E-state index in [4.69, 9.17) is 5.11 Å². The van der Waals surface area contributed by atoms with Crippen molar-refractivity contribution in [3.05, 3.63) is 48.7 Å². The summed E-state index contributed by atoms with van der Waals surface area (Å²) >= 11 is 1.05. The van der Waals surface area contributed by atoms with Gasteiger partial charge in [-0.05, 0) is 41.8 Å². The van der Waals surface area contributed by atoms with Gasteiger partial charge in [0.2, 0.25) is 5.16 Å². The lowest BCUT2D eigenvalue weighted by Crippen LogP contribution is -2.73. The van der Waals surface area contributed by atoms with Crippen LogP contribution in [0.25, 0.3) is 33.4 Å². The molecule has 2 aromatic heterocycles. The van der Waals surface area contributed by atoms with Gasteiger partial charge in [-0.1, -0.05) is 24.8 Å². The van der Waals surface area contributed by atoms with E-state index in [2.05, 4.69) is 57.1 Å². The monoisotopic (exact) mass is 424 g/mol. The largest absolute Gasteiger partial charge is 0.481 e. The van der Waals surface area contributed by atoms with Crippen LogP contribution in [0.3, 0.4) is 0 Å². The maximum Gasteiger partial charge on any atom is 0.313 e. The number of carboxylic acid groups (broad SMARTS) is 1. The molecule has 0 atom stereocenters. The van der Waals surface area contributed by atoms with E-state index in [0.29, 0.717) is 16.7 Å². The van der Waals surface area contributed by atoms with Crippen molar-refractivity contribution in [3.8, 4) is 22.5 Å². The summed E-state index contributed by atoms with van der Waals surface area (Å²) in [4.78, 5) is 15.1. The molecule has 154 valence electrons. The zero-order valence-electron chi connectivity index (χ0n) is 16.4. The number of hydrogen-bond acceptors (Lipinski definition) is 5. The molecular weight excluding hydrogens is 402 g/mol. The Kier molecular flexibility index (Phi) is 5.84. The lowest BCUT2D eigenvalue weighted by molar-refractivity contribution is -0.825. The Labute approximate surface area is 176 Å². The second-order valence-electron chi connectivity index (χ2n) is 6.90. The van der Waals surface area contributed by atoms with Gasteiger partial charge in [-0.3, -0.25) is 9.89 Å². The van der Waals surface area contributed by atoms with Crippen molar-refractivity contribution in [3.63, 3.8) is 0 Å². The number of quaternary nitrogens is 1. The van der Waals surface area contributed by atoms with Gasteiger partial charge in [-0.25, -0.2) is 10.2 Å². The van der Waals surface area contributed by atoms with Crippen LogP contribution >= 0.6 is 11.8 Å². The van der Waals surface area contributed by atoms with Gasteiger partial charge in [0.15, 0.2) is 11.5 Å². The molecule has 8 nitrogen and oxygen atoms in total. The predicted molar refractivity (Wildman–Crippen MR) is 115 cm³/mol. The van der Waals surface area contributed by atoms with Crippen LogP contribution in [0.1, 0.15) is 13.3 Å². The summed E-state index contributed by atoms with van der Waals surface area (Å²) in [6.07, 6.45) is 3.18. The quantitative estimate of drug-likeness (QED) is 0.196. The molecule has 0 spiro atoms. The fourth-order valence-corrected chi connectivity index (χ4v) is 3.93. The number of carbonyl (C=O) groups is 1. The summed E-state index contributed by atoms with van der Waals surface area (Å²) in [5.74, 6) is -0.512. The SMILES string of the molecule is CCCn1ccc2cc(-c3cc([NH2+]O)cc(-c4nc(SCC(=O)O)n[nH]4)c3)ccc21. The summed E-state index contributed by atoms with van der Waals surface area (Å²) < 4.78 is 2.24. The van der Waals surface area contributed by atoms with Crippen LogP contribution in [0.15, 0.2) is 53.8 Å². The molecule has 5 N–H and O–H groups in total. The third-order valence-electron chi connectivity index (χ3n) is 4.74. The minimum Gasteiger partial charge on any atom is -0.481 e. The Morgan fingerprint density at radius 3 is 2.77 bits per heavy atom. The van der Waals surface area contributed by atoms with E-state index in [-0.39, 0.29) is 5.75 Å². The summed E-state index contributed by atoms with van der Waals surface area (Å²) in [7, 11) is 0.